The lowest BCUT2D eigenvalue weighted by molar-refractivity contribution is 0.0453. The fourth-order valence-electron chi connectivity index (χ4n) is 2.19. The molecule has 0 spiro atoms. The third kappa shape index (κ3) is 6.49. The summed E-state index contributed by atoms with van der Waals surface area (Å²) in [6, 6.07) is 7.67. The van der Waals surface area contributed by atoms with Crippen molar-refractivity contribution in [3.8, 4) is 0 Å². The molecular formula is C18H18Cl4N2O3. The number of carbonyl (C=O) groups excluding carboxylic acids is 1. The summed E-state index contributed by atoms with van der Waals surface area (Å²) in [7, 11) is 0. The molecule has 2 rings (SSSR count). The van der Waals surface area contributed by atoms with Crippen molar-refractivity contribution in [1.29, 1.82) is 0 Å². The molecule has 0 aliphatic rings. The maximum Gasteiger partial charge on any atom is 0.271 e. The second-order valence-electron chi connectivity index (χ2n) is 5.45. The minimum Gasteiger partial charge on any atom is -0.379 e. The van der Waals surface area contributed by atoms with Crippen LogP contribution in [-0.4, -0.2) is 30.7 Å². The standard InChI is InChI=1S/C18H18Cl4N2O3/c1-2-26-6-7-27-10-12-5-3-4-11(8-12)9-23-18(25)16-14(20)13(19)15(21)17(22)24-16/h3-5,8H,2,6-7,9-10H2,1H3,(H,23,25). The Morgan fingerprint density at radius 1 is 1.04 bits per heavy atom. The van der Waals surface area contributed by atoms with Gasteiger partial charge in [-0.1, -0.05) is 70.7 Å². The number of pyridine rings is 1. The molecular weight excluding hydrogens is 434 g/mol. The second-order valence-corrected chi connectivity index (χ2v) is 6.94. The van der Waals surface area contributed by atoms with E-state index in [9.17, 15) is 4.79 Å². The van der Waals surface area contributed by atoms with Crippen LogP contribution >= 0.6 is 46.4 Å². The van der Waals surface area contributed by atoms with E-state index in [0.717, 1.165) is 11.1 Å². The maximum absolute atomic E-state index is 12.4. The van der Waals surface area contributed by atoms with E-state index in [0.29, 0.717) is 26.4 Å². The maximum atomic E-state index is 12.4. The highest BCUT2D eigenvalue weighted by Gasteiger charge is 2.20. The lowest BCUT2D eigenvalue weighted by Crippen LogP contribution is -2.24. The minimum absolute atomic E-state index is 0.00492. The first-order valence-electron chi connectivity index (χ1n) is 8.15. The Kier molecular flexibility index (Phi) is 9.09. The van der Waals surface area contributed by atoms with Crippen LogP contribution in [0.15, 0.2) is 24.3 Å². The van der Waals surface area contributed by atoms with E-state index in [1.54, 1.807) is 0 Å². The number of ether oxygens (including phenoxy) is 2. The van der Waals surface area contributed by atoms with E-state index in [1.807, 2.05) is 31.2 Å². The van der Waals surface area contributed by atoms with Crippen LogP contribution in [0, 0.1) is 0 Å². The summed E-state index contributed by atoms with van der Waals surface area (Å²) >= 11 is 23.7. The number of hydrogen-bond donors (Lipinski definition) is 1. The molecule has 1 aromatic heterocycles. The van der Waals surface area contributed by atoms with Crippen LogP contribution < -0.4 is 5.32 Å². The highest BCUT2D eigenvalue weighted by atomic mass is 35.5. The van der Waals surface area contributed by atoms with Crippen LogP contribution in [0.4, 0.5) is 0 Å². The number of hydrogen-bond acceptors (Lipinski definition) is 4. The Morgan fingerprint density at radius 2 is 1.74 bits per heavy atom. The molecule has 0 bridgehead atoms. The number of amides is 1. The van der Waals surface area contributed by atoms with Gasteiger partial charge in [-0.15, -0.1) is 0 Å². The number of nitrogens with zero attached hydrogens (tertiary/aromatic N) is 1. The predicted octanol–water partition coefficient (Wildman–Crippen LogP) is 5.18. The summed E-state index contributed by atoms with van der Waals surface area (Å²) in [6.07, 6.45) is 0. The Bertz CT molecular complexity index is 802. The van der Waals surface area contributed by atoms with Gasteiger partial charge in [-0.2, -0.15) is 0 Å². The molecule has 2 aromatic rings. The fraction of sp³-hybridized carbons (Fsp3) is 0.333. The smallest absolute Gasteiger partial charge is 0.271 e. The topological polar surface area (TPSA) is 60.5 Å². The third-order valence-corrected chi connectivity index (χ3v) is 5.17. The average molecular weight is 452 g/mol. The minimum atomic E-state index is -0.501. The molecule has 0 saturated carbocycles. The molecule has 0 unspecified atom stereocenters. The van der Waals surface area contributed by atoms with Gasteiger partial charge in [0.1, 0.15) is 10.8 Å². The zero-order valence-corrected chi connectivity index (χ0v) is 17.6. The van der Waals surface area contributed by atoms with Gasteiger partial charge in [0.2, 0.25) is 0 Å². The molecule has 1 amide bonds. The van der Waals surface area contributed by atoms with Crippen molar-refractivity contribution in [2.45, 2.75) is 20.1 Å². The molecule has 0 radical (unpaired) electrons. The average Bonchev–Trinajstić information content (AvgIpc) is 2.67. The van der Waals surface area contributed by atoms with Crippen molar-refractivity contribution < 1.29 is 14.3 Å². The molecule has 9 heteroatoms. The molecule has 1 aromatic carbocycles. The highest BCUT2D eigenvalue weighted by molar-refractivity contribution is 6.52. The molecule has 27 heavy (non-hydrogen) atoms. The van der Waals surface area contributed by atoms with Crippen molar-refractivity contribution in [1.82, 2.24) is 10.3 Å². The molecule has 0 saturated heterocycles. The molecule has 0 aliphatic carbocycles. The van der Waals surface area contributed by atoms with Gasteiger partial charge >= 0.3 is 0 Å². The largest absolute Gasteiger partial charge is 0.379 e. The van der Waals surface area contributed by atoms with Gasteiger partial charge in [0.15, 0.2) is 0 Å². The molecule has 0 fully saturated rings. The summed E-state index contributed by atoms with van der Waals surface area (Å²) < 4.78 is 10.8. The number of halogens is 4. The number of nitrogens with one attached hydrogen (secondary N) is 1. The summed E-state index contributed by atoms with van der Waals surface area (Å²) in [5, 5.41) is 2.62. The normalized spacial score (nSPS) is 10.9. The van der Waals surface area contributed by atoms with Crippen LogP contribution in [0.3, 0.4) is 0 Å². The Labute approximate surface area is 177 Å². The summed E-state index contributed by atoms with van der Waals surface area (Å²) in [4.78, 5) is 16.3. The zero-order chi connectivity index (χ0) is 19.8. The number of rotatable bonds is 9. The fourth-order valence-corrected chi connectivity index (χ4v) is 3.00. The lowest BCUT2D eigenvalue weighted by Gasteiger charge is -2.10. The monoisotopic (exact) mass is 450 g/mol. The Hall–Kier alpha value is -1.08. The van der Waals surface area contributed by atoms with Crippen molar-refractivity contribution in [3.05, 3.63) is 61.3 Å². The number of carbonyl (C=O) groups is 1. The molecule has 0 atom stereocenters. The second kappa shape index (κ2) is 11.1. The van der Waals surface area contributed by atoms with Crippen molar-refractivity contribution in [3.63, 3.8) is 0 Å². The predicted molar refractivity (Wildman–Crippen MR) is 108 cm³/mol. The van der Waals surface area contributed by atoms with Gasteiger partial charge in [0.25, 0.3) is 5.91 Å². The van der Waals surface area contributed by atoms with Gasteiger partial charge in [-0.3, -0.25) is 4.79 Å². The van der Waals surface area contributed by atoms with Crippen molar-refractivity contribution in [2.24, 2.45) is 0 Å². The SMILES string of the molecule is CCOCCOCc1cccc(CNC(=O)c2nc(Cl)c(Cl)c(Cl)c2Cl)c1. The van der Waals surface area contributed by atoms with Gasteiger partial charge in [0.05, 0.1) is 34.9 Å². The van der Waals surface area contributed by atoms with Crippen LogP contribution in [0.2, 0.25) is 20.2 Å². The summed E-state index contributed by atoms with van der Waals surface area (Å²) in [6.45, 7) is 4.43. The Morgan fingerprint density at radius 3 is 2.48 bits per heavy atom. The van der Waals surface area contributed by atoms with E-state index in [4.69, 9.17) is 55.9 Å². The van der Waals surface area contributed by atoms with Crippen LogP contribution in [-0.2, 0) is 22.6 Å². The van der Waals surface area contributed by atoms with Crippen LogP contribution in [0.1, 0.15) is 28.5 Å². The first-order chi connectivity index (χ1) is 12.9. The van der Waals surface area contributed by atoms with E-state index >= 15 is 0 Å². The van der Waals surface area contributed by atoms with Gasteiger partial charge in [-0.05, 0) is 18.1 Å². The van der Waals surface area contributed by atoms with E-state index < -0.39 is 5.91 Å². The van der Waals surface area contributed by atoms with Gasteiger partial charge in [0, 0.05) is 13.2 Å². The first kappa shape index (κ1) is 22.2. The Balaban J connectivity index is 1.95. The van der Waals surface area contributed by atoms with Crippen molar-refractivity contribution >= 4 is 52.3 Å². The third-order valence-electron chi connectivity index (χ3n) is 3.49. The zero-order valence-electron chi connectivity index (χ0n) is 14.5. The lowest BCUT2D eigenvalue weighted by atomic mass is 10.1. The summed E-state index contributed by atoms with van der Waals surface area (Å²) in [5.41, 5.74) is 1.81. The first-order valence-corrected chi connectivity index (χ1v) is 9.66. The number of benzene rings is 1. The molecule has 146 valence electrons. The molecule has 0 aliphatic heterocycles. The van der Waals surface area contributed by atoms with Gasteiger partial charge < -0.3 is 14.8 Å². The number of aromatic nitrogens is 1. The van der Waals surface area contributed by atoms with Gasteiger partial charge in [-0.25, -0.2) is 4.98 Å². The summed E-state index contributed by atoms with van der Waals surface area (Å²) in [5.74, 6) is -0.501. The van der Waals surface area contributed by atoms with Crippen LogP contribution in [0.5, 0.6) is 0 Å². The van der Waals surface area contributed by atoms with Crippen LogP contribution in [0.25, 0.3) is 0 Å². The molecule has 1 N–H and O–H groups in total. The molecule has 1 heterocycles. The van der Waals surface area contributed by atoms with E-state index in [-0.39, 0.29) is 32.5 Å². The van der Waals surface area contributed by atoms with E-state index in [2.05, 4.69) is 10.3 Å². The highest BCUT2D eigenvalue weighted by Crippen LogP contribution is 2.36. The van der Waals surface area contributed by atoms with Crippen molar-refractivity contribution in [2.75, 3.05) is 19.8 Å². The molecule has 5 nitrogen and oxygen atoms in total. The quantitative estimate of drug-likeness (QED) is 0.421. The van der Waals surface area contributed by atoms with E-state index in [1.165, 1.54) is 0 Å².